The zero-order valence-electron chi connectivity index (χ0n) is 10.2. The van der Waals surface area contributed by atoms with Gasteiger partial charge in [0.25, 0.3) is 0 Å². The molecule has 0 radical (unpaired) electrons. The Morgan fingerprint density at radius 1 is 1.37 bits per heavy atom. The minimum atomic E-state index is -1.32. The summed E-state index contributed by atoms with van der Waals surface area (Å²) in [4.78, 5) is 18.7. The van der Waals surface area contributed by atoms with E-state index in [1.54, 1.807) is 6.20 Å². The van der Waals surface area contributed by atoms with Gasteiger partial charge >= 0.3 is 5.97 Å². The van der Waals surface area contributed by atoms with Gasteiger partial charge in [0.1, 0.15) is 5.56 Å². The second-order valence-electron chi connectivity index (χ2n) is 3.99. The Morgan fingerprint density at radius 3 is 2.79 bits per heavy atom. The molecule has 19 heavy (non-hydrogen) atoms. The topological polar surface area (TPSA) is 75.1 Å². The van der Waals surface area contributed by atoms with Crippen molar-refractivity contribution in [1.29, 1.82) is 0 Å². The lowest BCUT2D eigenvalue weighted by Crippen LogP contribution is -2.08. The number of hydrogen-bond donors (Lipinski definition) is 2. The molecule has 0 bridgehead atoms. The summed E-state index contributed by atoms with van der Waals surface area (Å²) in [5, 5.41) is 11.6. The number of halogens is 1. The maximum Gasteiger partial charge on any atom is 0.338 e. The van der Waals surface area contributed by atoms with Crippen LogP contribution in [0, 0.1) is 12.7 Å². The van der Waals surface area contributed by atoms with Crippen molar-refractivity contribution in [2.24, 2.45) is 0 Å². The molecule has 0 saturated carbocycles. The van der Waals surface area contributed by atoms with E-state index in [0.717, 1.165) is 17.3 Å². The highest BCUT2D eigenvalue weighted by Crippen LogP contribution is 2.15. The van der Waals surface area contributed by atoms with Gasteiger partial charge in [0.15, 0.2) is 11.6 Å². The molecule has 0 aliphatic rings. The molecule has 2 N–H and O–H groups in total. The summed E-state index contributed by atoms with van der Waals surface area (Å²) in [5.74, 6) is -2.27. The number of nitrogens with one attached hydrogen (secondary N) is 1. The molecule has 98 valence electrons. The van der Waals surface area contributed by atoms with Gasteiger partial charge in [0.2, 0.25) is 0 Å². The number of anilines is 1. The summed E-state index contributed by atoms with van der Waals surface area (Å²) in [6.45, 7) is 2.19. The standard InChI is InChI=1S/C13H12FN3O2/c1-8-2-3-9(6-16-8)7-17-12-11(14)10(13(18)19)4-5-15-12/h2-6H,7H2,1H3,(H,15,17)(H,18,19). The number of pyridine rings is 2. The lowest BCUT2D eigenvalue weighted by Gasteiger charge is -2.08. The minimum Gasteiger partial charge on any atom is -0.478 e. The molecule has 0 aliphatic heterocycles. The van der Waals surface area contributed by atoms with E-state index in [1.807, 2.05) is 19.1 Å². The van der Waals surface area contributed by atoms with Gasteiger partial charge < -0.3 is 10.4 Å². The Labute approximate surface area is 109 Å². The number of carboxylic acid groups (broad SMARTS) is 1. The van der Waals surface area contributed by atoms with Gasteiger partial charge in [0, 0.05) is 24.6 Å². The molecule has 2 aromatic rings. The molecule has 2 rings (SSSR count). The lowest BCUT2D eigenvalue weighted by atomic mass is 10.2. The Kier molecular flexibility index (Phi) is 3.70. The second kappa shape index (κ2) is 5.43. The zero-order valence-corrected chi connectivity index (χ0v) is 10.2. The molecular formula is C13H12FN3O2. The molecule has 0 amide bonds. The van der Waals surface area contributed by atoms with E-state index < -0.39 is 17.3 Å². The number of aromatic nitrogens is 2. The summed E-state index contributed by atoms with van der Waals surface area (Å²) >= 11 is 0. The third-order valence-corrected chi connectivity index (χ3v) is 2.55. The van der Waals surface area contributed by atoms with Crippen molar-refractivity contribution in [2.45, 2.75) is 13.5 Å². The number of carbonyl (C=O) groups is 1. The molecule has 6 heteroatoms. The van der Waals surface area contributed by atoms with Crippen molar-refractivity contribution in [2.75, 3.05) is 5.32 Å². The van der Waals surface area contributed by atoms with E-state index in [9.17, 15) is 9.18 Å². The van der Waals surface area contributed by atoms with Gasteiger partial charge in [-0.25, -0.2) is 14.2 Å². The van der Waals surface area contributed by atoms with Crippen molar-refractivity contribution >= 4 is 11.8 Å². The molecule has 5 nitrogen and oxygen atoms in total. The first-order valence-electron chi connectivity index (χ1n) is 5.61. The first-order valence-corrected chi connectivity index (χ1v) is 5.61. The third kappa shape index (κ3) is 3.04. The summed E-state index contributed by atoms with van der Waals surface area (Å²) in [6, 6.07) is 4.82. The molecular weight excluding hydrogens is 249 g/mol. The van der Waals surface area contributed by atoms with Crippen LogP contribution in [0.4, 0.5) is 10.2 Å². The quantitative estimate of drug-likeness (QED) is 0.882. The van der Waals surface area contributed by atoms with E-state index in [-0.39, 0.29) is 5.82 Å². The number of carboxylic acids is 1. The molecule has 0 atom stereocenters. The van der Waals surface area contributed by atoms with Crippen LogP contribution in [0.5, 0.6) is 0 Å². The first kappa shape index (κ1) is 12.9. The highest BCUT2D eigenvalue weighted by molar-refractivity contribution is 5.88. The van der Waals surface area contributed by atoms with Crippen LogP contribution in [-0.2, 0) is 6.54 Å². The summed E-state index contributed by atoms with van der Waals surface area (Å²) in [7, 11) is 0. The number of aryl methyl sites for hydroxylation is 1. The van der Waals surface area contributed by atoms with Crippen LogP contribution in [0.25, 0.3) is 0 Å². The van der Waals surface area contributed by atoms with Crippen molar-refractivity contribution in [1.82, 2.24) is 9.97 Å². The average molecular weight is 261 g/mol. The summed E-state index contributed by atoms with van der Waals surface area (Å²) < 4.78 is 13.8. The Hall–Kier alpha value is -2.50. The van der Waals surface area contributed by atoms with Gasteiger partial charge in [-0.05, 0) is 24.6 Å². The number of rotatable bonds is 4. The summed E-state index contributed by atoms with van der Waals surface area (Å²) in [5.41, 5.74) is 1.34. The maximum atomic E-state index is 13.8. The highest BCUT2D eigenvalue weighted by Gasteiger charge is 2.14. The van der Waals surface area contributed by atoms with Crippen LogP contribution >= 0.6 is 0 Å². The van der Waals surface area contributed by atoms with E-state index in [0.29, 0.717) is 6.54 Å². The Morgan fingerprint density at radius 2 is 2.16 bits per heavy atom. The fourth-order valence-corrected chi connectivity index (χ4v) is 1.52. The van der Waals surface area contributed by atoms with Crippen LogP contribution in [0.3, 0.4) is 0 Å². The number of hydrogen-bond acceptors (Lipinski definition) is 4. The molecule has 0 unspecified atom stereocenters. The zero-order chi connectivity index (χ0) is 13.8. The van der Waals surface area contributed by atoms with E-state index in [2.05, 4.69) is 15.3 Å². The average Bonchev–Trinajstić information content (AvgIpc) is 2.39. The minimum absolute atomic E-state index is 0.0829. The maximum absolute atomic E-state index is 13.8. The fraction of sp³-hybridized carbons (Fsp3) is 0.154. The van der Waals surface area contributed by atoms with Gasteiger partial charge in [-0.3, -0.25) is 4.98 Å². The highest BCUT2D eigenvalue weighted by atomic mass is 19.1. The predicted octanol–water partition coefficient (Wildman–Crippen LogP) is 2.23. The van der Waals surface area contributed by atoms with Gasteiger partial charge in [0.05, 0.1) is 0 Å². The molecule has 2 aromatic heterocycles. The van der Waals surface area contributed by atoms with Gasteiger partial charge in [-0.2, -0.15) is 0 Å². The molecule has 0 aromatic carbocycles. The lowest BCUT2D eigenvalue weighted by molar-refractivity contribution is 0.0692. The molecule has 0 aliphatic carbocycles. The number of nitrogens with zero attached hydrogens (tertiary/aromatic N) is 2. The third-order valence-electron chi connectivity index (χ3n) is 2.55. The summed E-state index contributed by atoms with van der Waals surface area (Å²) in [6.07, 6.45) is 2.92. The van der Waals surface area contributed by atoms with Crippen molar-refractivity contribution in [3.63, 3.8) is 0 Å². The van der Waals surface area contributed by atoms with E-state index >= 15 is 0 Å². The SMILES string of the molecule is Cc1ccc(CNc2nccc(C(=O)O)c2F)cn1. The van der Waals surface area contributed by atoms with Crippen LogP contribution < -0.4 is 5.32 Å². The van der Waals surface area contributed by atoms with Crippen LogP contribution in [0.15, 0.2) is 30.6 Å². The van der Waals surface area contributed by atoms with Gasteiger partial charge in [-0.1, -0.05) is 6.07 Å². The number of aromatic carboxylic acids is 1. The van der Waals surface area contributed by atoms with Crippen LogP contribution in [-0.4, -0.2) is 21.0 Å². The smallest absolute Gasteiger partial charge is 0.338 e. The molecule has 2 heterocycles. The van der Waals surface area contributed by atoms with Crippen molar-refractivity contribution in [3.05, 3.63) is 53.2 Å². The van der Waals surface area contributed by atoms with Crippen LogP contribution in [0.1, 0.15) is 21.6 Å². The Balaban J connectivity index is 2.13. The van der Waals surface area contributed by atoms with Crippen molar-refractivity contribution < 1.29 is 14.3 Å². The van der Waals surface area contributed by atoms with E-state index in [1.165, 1.54) is 6.20 Å². The van der Waals surface area contributed by atoms with Gasteiger partial charge in [-0.15, -0.1) is 0 Å². The first-order chi connectivity index (χ1) is 9.08. The molecule has 0 fully saturated rings. The van der Waals surface area contributed by atoms with E-state index in [4.69, 9.17) is 5.11 Å². The second-order valence-corrected chi connectivity index (χ2v) is 3.99. The molecule has 0 saturated heterocycles. The normalized spacial score (nSPS) is 10.2. The van der Waals surface area contributed by atoms with Crippen molar-refractivity contribution in [3.8, 4) is 0 Å². The Bertz CT molecular complexity index is 599. The monoisotopic (exact) mass is 261 g/mol. The largest absolute Gasteiger partial charge is 0.478 e. The van der Waals surface area contributed by atoms with Crippen LogP contribution in [0.2, 0.25) is 0 Å². The fourth-order valence-electron chi connectivity index (χ4n) is 1.52. The molecule has 0 spiro atoms. The predicted molar refractivity (Wildman–Crippen MR) is 67.5 cm³/mol.